The monoisotopic (exact) mass is 477 g/mol. The van der Waals surface area contributed by atoms with Crippen LogP contribution in [0.25, 0.3) is 0 Å². The van der Waals surface area contributed by atoms with E-state index in [9.17, 15) is 14.0 Å². The number of amides is 1. The lowest BCUT2D eigenvalue weighted by molar-refractivity contribution is -0.130. The molecule has 0 saturated heterocycles. The van der Waals surface area contributed by atoms with Gasteiger partial charge >= 0.3 is 0 Å². The second-order valence-electron chi connectivity index (χ2n) is 8.73. The highest BCUT2D eigenvalue weighted by molar-refractivity contribution is 6.09. The van der Waals surface area contributed by atoms with Crippen LogP contribution in [0.4, 0.5) is 4.39 Å². The lowest BCUT2D eigenvalue weighted by Crippen LogP contribution is -2.43. The second kappa shape index (κ2) is 9.58. The van der Waals surface area contributed by atoms with Gasteiger partial charge in [-0.2, -0.15) is 0 Å². The number of carbonyl (C=O) groups excluding carboxylic acids is 2. The molecule has 4 aromatic carbocycles. The van der Waals surface area contributed by atoms with Crippen molar-refractivity contribution in [2.45, 2.75) is 18.5 Å². The van der Waals surface area contributed by atoms with Gasteiger partial charge in [0.25, 0.3) is 5.91 Å². The van der Waals surface area contributed by atoms with Gasteiger partial charge in [-0.05, 0) is 34.4 Å². The molecule has 4 aromatic rings. The minimum absolute atomic E-state index is 0.118. The van der Waals surface area contributed by atoms with Crippen LogP contribution < -0.4 is 5.73 Å². The summed E-state index contributed by atoms with van der Waals surface area (Å²) in [6, 6.07) is 31.9. The molecule has 178 valence electrons. The smallest absolute Gasteiger partial charge is 0.266 e. The van der Waals surface area contributed by atoms with Crippen molar-refractivity contribution in [1.29, 1.82) is 0 Å². The van der Waals surface area contributed by atoms with Gasteiger partial charge in [0.15, 0.2) is 17.3 Å². The van der Waals surface area contributed by atoms with E-state index in [1.807, 2.05) is 84.9 Å². The number of hydrogen-bond acceptors (Lipinski definition) is 4. The maximum atomic E-state index is 14.0. The Morgan fingerprint density at radius 1 is 0.806 bits per heavy atom. The number of nitrogens with two attached hydrogens (primary N) is 1. The molecule has 1 aliphatic rings. The van der Waals surface area contributed by atoms with E-state index in [0.717, 1.165) is 22.3 Å². The highest BCUT2D eigenvalue weighted by atomic mass is 19.1. The number of Topliss-reactive ketones (excluding diaryl/α,β-unsaturated/α-hetero) is 1. The molecule has 0 spiro atoms. The van der Waals surface area contributed by atoms with Crippen molar-refractivity contribution in [3.05, 3.63) is 143 Å². The van der Waals surface area contributed by atoms with Gasteiger partial charge in [0.05, 0.1) is 6.54 Å². The molecule has 6 heteroatoms. The Hall–Kier alpha value is -4.58. The molecule has 0 fully saturated rings. The van der Waals surface area contributed by atoms with E-state index in [0.29, 0.717) is 5.56 Å². The number of ketones is 1. The van der Waals surface area contributed by atoms with Crippen LogP contribution in [0, 0.1) is 5.82 Å². The first-order chi connectivity index (χ1) is 17.5. The van der Waals surface area contributed by atoms with Crippen molar-refractivity contribution in [3.8, 4) is 0 Å². The molecule has 0 unspecified atom stereocenters. The summed E-state index contributed by atoms with van der Waals surface area (Å²) in [4.78, 5) is 32.8. The number of halogens is 1. The number of nitrogens with zero attached hydrogens (tertiary/aromatic N) is 2. The summed E-state index contributed by atoms with van der Waals surface area (Å²) in [6.45, 7) is 0.206. The SMILES string of the molecule is NC1=NC(c2ccccc2)(c2ccccc2)C(=O)N1Cc1cccc(CC(=O)c2cccc(F)c2)c1. The summed E-state index contributed by atoms with van der Waals surface area (Å²) < 4.78 is 13.5. The van der Waals surface area contributed by atoms with Gasteiger partial charge in [-0.1, -0.05) is 97.1 Å². The topological polar surface area (TPSA) is 75.8 Å². The predicted molar refractivity (Wildman–Crippen MR) is 137 cm³/mol. The molecule has 0 radical (unpaired) electrons. The summed E-state index contributed by atoms with van der Waals surface area (Å²) in [6.07, 6.45) is 0.118. The number of carbonyl (C=O) groups is 2. The molecule has 0 atom stereocenters. The molecule has 0 aromatic heterocycles. The summed E-state index contributed by atoms with van der Waals surface area (Å²) >= 11 is 0. The maximum absolute atomic E-state index is 14.0. The van der Waals surface area contributed by atoms with Gasteiger partial charge in [0.2, 0.25) is 0 Å². The van der Waals surface area contributed by atoms with Crippen molar-refractivity contribution in [2.75, 3.05) is 0 Å². The lowest BCUT2D eigenvalue weighted by Gasteiger charge is -2.27. The van der Waals surface area contributed by atoms with E-state index in [-0.39, 0.29) is 30.6 Å². The van der Waals surface area contributed by atoms with Crippen LogP contribution in [0.5, 0.6) is 0 Å². The Balaban J connectivity index is 1.42. The third-order valence-electron chi connectivity index (χ3n) is 6.34. The van der Waals surface area contributed by atoms with Gasteiger partial charge in [0, 0.05) is 12.0 Å². The van der Waals surface area contributed by atoms with Crippen LogP contribution >= 0.6 is 0 Å². The molecule has 0 saturated carbocycles. The predicted octanol–water partition coefficient (Wildman–Crippen LogP) is 4.85. The Labute approximate surface area is 208 Å². The van der Waals surface area contributed by atoms with E-state index in [4.69, 9.17) is 10.7 Å². The van der Waals surface area contributed by atoms with E-state index < -0.39 is 11.4 Å². The molecule has 5 nitrogen and oxygen atoms in total. The first-order valence-electron chi connectivity index (χ1n) is 11.6. The molecule has 5 rings (SSSR count). The average molecular weight is 478 g/mol. The summed E-state index contributed by atoms with van der Waals surface area (Å²) in [5.41, 5.74) is 8.44. The number of aliphatic imine (C=N–C) groups is 1. The number of guanidine groups is 1. The largest absolute Gasteiger partial charge is 0.369 e. The first kappa shape index (κ1) is 23.2. The average Bonchev–Trinajstić information content (AvgIpc) is 3.15. The summed E-state index contributed by atoms with van der Waals surface area (Å²) in [5, 5.41) is 0. The third-order valence-corrected chi connectivity index (χ3v) is 6.34. The fraction of sp³-hybridized carbons (Fsp3) is 0.100. The molecular formula is C30H24FN3O2. The molecule has 36 heavy (non-hydrogen) atoms. The van der Waals surface area contributed by atoms with E-state index >= 15 is 0 Å². The van der Waals surface area contributed by atoms with Crippen molar-refractivity contribution >= 4 is 17.6 Å². The van der Waals surface area contributed by atoms with E-state index in [2.05, 4.69) is 0 Å². The van der Waals surface area contributed by atoms with Crippen molar-refractivity contribution in [2.24, 2.45) is 10.7 Å². The zero-order valence-electron chi connectivity index (χ0n) is 19.5. The Morgan fingerprint density at radius 3 is 2.06 bits per heavy atom. The minimum atomic E-state index is -1.27. The van der Waals surface area contributed by atoms with Gasteiger partial charge < -0.3 is 5.73 Å². The summed E-state index contributed by atoms with van der Waals surface area (Å²) in [7, 11) is 0. The molecule has 2 N–H and O–H groups in total. The van der Waals surface area contributed by atoms with Gasteiger partial charge in [-0.15, -0.1) is 0 Å². The van der Waals surface area contributed by atoms with Crippen molar-refractivity contribution in [3.63, 3.8) is 0 Å². The standard InChI is InChI=1S/C30H24FN3O2/c31-26-16-8-11-23(19-26)27(35)18-21-9-7-10-22(17-21)20-34-28(36)30(33-29(34)32,24-12-3-1-4-13-24)25-14-5-2-6-15-25/h1-17,19H,18,20H2,(H2,32,33). The zero-order valence-corrected chi connectivity index (χ0v) is 19.5. The maximum Gasteiger partial charge on any atom is 0.266 e. The van der Waals surface area contributed by atoms with Crippen LogP contribution in [0.3, 0.4) is 0 Å². The van der Waals surface area contributed by atoms with Crippen LogP contribution in [0.2, 0.25) is 0 Å². The summed E-state index contributed by atoms with van der Waals surface area (Å²) in [5.74, 6) is -0.734. The van der Waals surface area contributed by atoms with E-state index in [1.54, 1.807) is 6.07 Å². The van der Waals surface area contributed by atoms with E-state index in [1.165, 1.54) is 23.1 Å². The van der Waals surface area contributed by atoms with Crippen molar-refractivity contribution < 1.29 is 14.0 Å². The number of rotatable bonds is 7. The van der Waals surface area contributed by atoms with Crippen LogP contribution in [0.15, 0.2) is 114 Å². The quantitative estimate of drug-likeness (QED) is 0.387. The Kier molecular flexibility index (Phi) is 6.17. The molecule has 0 bridgehead atoms. The van der Waals surface area contributed by atoms with Gasteiger partial charge in [-0.25, -0.2) is 9.38 Å². The fourth-order valence-corrected chi connectivity index (χ4v) is 4.60. The first-order valence-corrected chi connectivity index (χ1v) is 11.6. The Bertz CT molecular complexity index is 1410. The molecular weight excluding hydrogens is 453 g/mol. The third kappa shape index (κ3) is 4.29. The highest BCUT2D eigenvalue weighted by Gasteiger charge is 2.50. The van der Waals surface area contributed by atoms with Gasteiger partial charge in [-0.3, -0.25) is 14.5 Å². The van der Waals surface area contributed by atoms with Crippen molar-refractivity contribution in [1.82, 2.24) is 4.90 Å². The molecule has 1 aliphatic heterocycles. The molecule has 0 aliphatic carbocycles. The van der Waals surface area contributed by atoms with Crippen LogP contribution in [0.1, 0.15) is 32.6 Å². The number of hydrogen-bond donors (Lipinski definition) is 1. The second-order valence-corrected chi connectivity index (χ2v) is 8.73. The van der Waals surface area contributed by atoms with Crippen LogP contribution in [-0.2, 0) is 23.3 Å². The molecule has 1 heterocycles. The fourth-order valence-electron chi connectivity index (χ4n) is 4.60. The van der Waals surface area contributed by atoms with Gasteiger partial charge in [0.1, 0.15) is 5.82 Å². The van der Waals surface area contributed by atoms with Crippen LogP contribution in [-0.4, -0.2) is 22.5 Å². The normalized spacial score (nSPS) is 14.5. The zero-order chi connectivity index (χ0) is 25.1. The highest BCUT2D eigenvalue weighted by Crippen LogP contribution is 2.39. The number of benzene rings is 4. The molecule has 1 amide bonds. The lowest BCUT2D eigenvalue weighted by atomic mass is 9.83. The minimum Gasteiger partial charge on any atom is -0.369 e. The Morgan fingerprint density at radius 2 is 1.42 bits per heavy atom.